The molecule has 0 aliphatic carbocycles. The molecular formula is C12H10ClFN2O2. The van der Waals surface area contributed by atoms with E-state index in [-0.39, 0.29) is 23.4 Å². The second-order valence-electron chi connectivity index (χ2n) is 3.62. The van der Waals surface area contributed by atoms with E-state index in [1.54, 1.807) is 13.0 Å². The van der Waals surface area contributed by atoms with E-state index >= 15 is 0 Å². The van der Waals surface area contributed by atoms with Crippen molar-refractivity contribution in [3.63, 3.8) is 0 Å². The first-order valence-corrected chi connectivity index (χ1v) is 5.54. The summed E-state index contributed by atoms with van der Waals surface area (Å²) in [5.74, 6) is -0.337. The summed E-state index contributed by atoms with van der Waals surface area (Å²) < 4.78 is 18.5. The van der Waals surface area contributed by atoms with Crippen LogP contribution in [0.25, 0.3) is 0 Å². The van der Waals surface area contributed by atoms with Crippen molar-refractivity contribution in [1.29, 1.82) is 0 Å². The average molecular weight is 269 g/mol. The molecule has 0 atom stereocenters. The van der Waals surface area contributed by atoms with E-state index < -0.39 is 5.82 Å². The van der Waals surface area contributed by atoms with E-state index in [0.717, 1.165) is 6.07 Å². The molecule has 0 bridgehead atoms. The fourth-order valence-electron chi connectivity index (χ4n) is 1.38. The smallest absolute Gasteiger partial charge is 0.322 e. The summed E-state index contributed by atoms with van der Waals surface area (Å²) in [4.78, 5) is 7.99. The minimum Gasteiger partial charge on any atom is -0.424 e. The zero-order valence-corrected chi connectivity index (χ0v) is 10.3. The molecule has 0 spiro atoms. The van der Waals surface area contributed by atoms with Crippen LogP contribution in [0.1, 0.15) is 11.4 Å². The molecule has 2 rings (SSSR count). The molecule has 1 heterocycles. The maximum atomic E-state index is 13.2. The molecule has 0 saturated carbocycles. The van der Waals surface area contributed by atoms with Crippen LogP contribution in [0, 0.1) is 12.7 Å². The van der Waals surface area contributed by atoms with E-state index in [2.05, 4.69) is 9.97 Å². The standard InChI is InChI=1S/C12H10ClFN2O2/c1-7-4-8(6-17)16-12(15-7)18-9-2-3-10(13)11(14)5-9/h2-5,17H,6H2,1H3. The molecule has 2 aromatic rings. The summed E-state index contributed by atoms with van der Waals surface area (Å²) >= 11 is 5.56. The summed E-state index contributed by atoms with van der Waals surface area (Å²) in [6.07, 6.45) is 0. The third-order valence-corrected chi connectivity index (χ3v) is 2.46. The largest absolute Gasteiger partial charge is 0.424 e. The second-order valence-corrected chi connectivity index (χ2v) is 4.03. The molecule has 6 heteroatoms. The Morgan fingerprint density at radius 3 is 2.78 bits per heavy atom. The normalized spacial score (nSPS) is 10.4. The van der Waals surface area contributed by atoms with Crippen molar-refractivity contribution in [2.24, 2.45) is 0 Å². The Morgan fingerprint density at radius 1 is 1.33 bits per heavy atom. The number of aliphatic hydroxyl groups excluding tert-OH is 1. The predicted molar refractivity (Wildman–Crippen MR) is 64.2 cm³/mol. The molecule has 0 unspecified atom stereocenters. The number of hydrogen-bond donors (Lipinski definition) is 1. The van der Waals surface area contributed by atoms with Crippen molar-refractivity contribution >= 4 is 11.6 Å². The van der Waals surface area contributed by atoms with Gasteiger partial charge in [0.1, 0.15) is 11.6 Å². The first-order valence-electron chi connectivity index (χ1n) is 5.17. The number of aryl methyl sites for hydroxylation is 1. The number of rotatable bonds is 3. The Balaban J connectivity index is 2.27. The van der Waals surface area contributed by atoms with E-state index in [1.165, 1.54) is 12.1 Å². The van der Waals surface area contributed by atoms with E-state index in [1.807, 2.05) is 0 Å². The second kappa shape index (κ2) is 5.29. The third-order valence-electron chi connectivity index (χ3n) is 2.15. The lowest BCUT2D eigenvalue weighted by Gasteiger charge is -2.06. The summed E-state index contributed by atoms with van der Waals surface area (Å²) in [7, 11) is 0. The van der Waals surface area contributed by atoms with Crippen LogP contribution in [0.2, 0.25) is 5.02 Å². The quantitative estimate of drug-likeness (QED) is 0.930. The Kier molecular flexibility index (Phi) is 3.74. The molecule has 94 valence electrons. The summed E-state index contributed by atoms with van der Waals surface area (Å²) in [5, 5.41) is 9.03. The highest BCUT2D eigenvalue weighted by Gasteiger charge is 2.06. The van der Waals surface area contributed by atoms with Crippen molar-refractivity contribution in [3.8, 4) is 11.8 Å². The van der Waals surface area contributed by atoms with Gasteiger partial charge in [-0.1, -0.05) is 11.6 Å². The van der Waals surface area contributed by atoms with Gasteiger partial charge < -0.3 is 9.84 Å². The molecular weight excluding hydrogens is 259 g/mol. The van der Waals surface area contributed by atoms with E-state index in [0.29, 0.717) is 11.4 Å². The van der Waals surface area contributed by atoms with Crippen molar-refractivity contribution in [2.75, 3.05) is 0 Å². The first kappa shape index (κ1) is 12.7. The maximum absolute atomic E-state index is 13.2. The molecule has 0 radical (unpaired) electrons. The van der Waals surface area contributed by atoms with E-state index in [4.69, 9.17) is 21.4 Å². The van der Waals surface area contributed by atoms with Gasteiger partial charge in [0.05, 0.1) is 17.3 Å². The van der Waals surface area contributed by atoms with Crippen LogP contribution in [0.3, 0.4) is 0 Å². The van der Waals surface area contributed by atoms with Crippen LogP contribution in [0.4, 0.5) is 4.39 Å². The van der Waals surface area contributed by atoms with Crippen LogP contribution in [-0.4, -0.2) is 15.1 Å². The molecule has 4 nitrogen and oxygen atoms in total. The van der Waals surface area contributed by atoms with Gasteiger partial charge in [-0.3, -0.25) is 0 Å². The van der Waals surface area contributed by atoms with Crippen molar-refractivity contribution in [3.05, 3.63) is 46.5 Å². The number of benzene rings is 1. The minimum absolute atomic E-state index is 0.0172. The monoisotopic (exact) mass is 268 g/mol. The number of ether oxygens (including phenoxy) is 1. The summed E-state index contributed by atoms with van der Waals surface area (Å²) in [6, 6.07) is 5.73. The van der Waals surface area contributed by atoms with Crippen LogP contribution >= 0.6 is 11.6 Å². The van der Waals surface area contributed by atoms with Gasteiger partial charge in [0, 0.05) is 11.8 Å². The Hall–Kier alpha value is -1.72. The molecule has 0 saturated heterocycles. The van der Waals surface area contributed by atoms with Gasteiger partial charge in [0.25, 0.3) is 0 Å². The average Bonchev–Trinajstić information content (AvgIpc) is 2.33. The highest BCUT2D eigenvalue weighted by molar-refractivity contribution is 6.30. The number of aliphatic hydroxyl groups is 1. The zero-order valence-electron chi connectivity index (χ0n) is 9.52. The molecule has 1 aromatic carbocycles. The Morgan fingerprint density at radius 2 is 2.11 bits per heavy atom. The molecule has 1 aromatic heterocycles. The van der Waals surface area contributed by atoms with Crippen molar-refractivity contribution < 1.29 is 14.2 Å². The Labute approximate surface area is 108 Å². The van der Waals surface area contributed by atoms with E-state index in [9.17, 15) is 4.39 Å². The SMILES string of the molecule is Cc1cc(CO)nc(Oc2ccc(Cl)c(F)c2)n1. The lowest BCUT2D eigenvalue weighted by molar-refractivity contribution is 0.274. The van der Waals surface area contributed by atoms with Crippen molar-refractivity contribution in [2.45, 2.75) is 13.5 Å². The van der Waals surface area contributed by atoms with Gasteiger partial charge >= 0.3 is 6.01 Å². The molecule has 0 fully saturated rings. The van der Waals surface area contributed by atoms with Crippen molar-refractivity contribution in [1.82, 2.24) is 9.97 Å². The summed E-state index contributed by atoms with van der Waals surface area (Å²) in [6.45, 7) is 1.53. The van der Waals surface area contributed by atoms with Crippen LogP contribution < -0.4 is 4.74 Å². The Bertz CT molecular complexity index is 578. The fourth-order valence-corrected chi connectivity index (χ4v) is 1.49. The fraction of sp³-hybridized carbons (Fsp3) is 0.167. The van der Waals surface area contributed by atoms with Crippen LogP contribution in [-0.2, 0) is 6.61 Å². The van der Waals surface area contributed by atoms with Crippen LogP contribution in [0.5, 0.6) is 11.8 Å². The van der Waals surface area contributed by atoms with Gasteiger partial charge in [-0.2, -0.15) is 4.98 Å². The predicted octanol–water partition coefficient (Wildman–Crippen LogP) is 2.86. The summed E-state index contributed by atoms with van der Waals surface area (Å²) in [5.41, 5.74) is 1.09. The molecule has 1 N–H and O–H groups in total. The molecule has 18 heavy (non-hydrogen) atoms. The topological polar surface area (TPSA) is 55.2 Å². The van der Waals surface area contributed by atoms with Gasteiger partial charge in [-0.25, -0.2) is 9.37 Å². The lowest BCUT2D eigenvalue weighted by Crippen LogP contribution is -1.98. The number of nitrogens with zero attached hydrogens (tertiary/aromatic N) is 2. The maximum Gasteiger partial charge on any atom is 0.322 e. The number of aromatic nitrogens is 2. The molecule has 0 aliphatic heterocycles. The van der Waals surface area contributed by atoms with Gasteiger partial charge in [0.2, 0.25) is 0 Å². The van der Waals surface area contributed by atoms with Gasteiger partial charge in [-0.15, -0.1) is 0 Å². The molecule has 0 aliphatic rings. The number of hydrogen-bond acceptors (Lipinski definition) is 4. The minimum atomic E-state index is -0.579. The highest BCUT2D eigenvalue weighted by Crippen LogP contribution is 2.23. The molecule has 0 amide bonds. The highest BCUT2D eigenvalue weighted by atomic mass is 35.5. The first-order chi connectivity index (χ1) is 8.58. The third kappa shape index (κ3) is 2.94. The van der Waals surface area contributed by atoms with Gasteiger partial charge in [0.15, 0.2) is 0 Å². The number of halogens is 2. The van der Waals surface area contributed by atoms with Crippen LogP contribution in [0.15, 0.2) is 24.3 Å². The van der Waals surface area contributed by atoms with Gasteiger partial charge in [-0.05, 0) is 25.1 Å². The zero-order chi connectivity index (χ0) is 13.1. The lowest BCUT2D eigenvalue weighted by atomic mass is 10.3.